The van der Waals surface area contributed by atoms with E-state index in [0.717, 1.165) is 27.7 Å². The Balaban J connectivity index is 3.35. The lowest BCUT2D eigenvalue weighted by molar-refractivity contribution is -0.217. The highest BCUT2D eigenvalue weighted by molar-refractivity contribution is 5.73. The quantitative estimate of drug-likeness (QED) is 0.452. The van der Waals surface area contributed by atoms with Crippen molar-refractivity contribution in [2.24, 2.45) is 0 Å². The Kier molecular flexibility index (Phi) is 8.38. The molecule has 0 amide bonds. The molecule has 0 heterocycles. The molecular weight excluding hydrogens is 400 g/mol. The first-order valence-corrected chi connectivity index (χ1v) is 9.55. The molecule has 0 N–H and O–H groups in total. The summed E-state index contributed by atoms with van der Waals surface area (Å²) in [6, 6.07) is 0. The van der Waals surface area contributed by atoms with Gasteiger partial charge in [0, 0.05) is 40.5 Å². The van der Waals surface area contributed by atoms with Crippen molar-refractivity contribution in [1.82, 2.24) is 0 Å². The minimum absolute atomic E-state index is 0.152. The van der Waals surface area contributed by atoms with E-state index in [2.05, 4.69) is 0 Å². The average Bonchev–Trinajstić information content (AvgIpc) is 2.46. The molecule has 10 nitrogen and oxygen atoms in total. The van der Waals surface area contributed by atoms with E-state index in [9.17, 15) is 24.0 Å². The molecule has 1 aliphatic rings. The van der Waals surface area contributed by atoms with Crippen LogP contribution in [0.4, 0.5) is 0 Å². The smallest absolute Gasteiger partial charge is 0.310 e. The first-order valence-electron chi connectivity index (χ1n) is 9.55. The second-order valence-corrected chi connectivity index (χ2v) is 8.32. The van der Waals surface area contributed by atoms with Crippen LogP contribution in [0, 0.1) is 0 Å². The van der Waals surface area contributed by atoms with E-state index in [4.69, 9.17) is 23.7 Å². The molecule has 0 aromatic carbocycles. The molecule has 1 rings (SSSR count). The van der Waals surface area contributed by atoms with Crippen LogP contribution in [0.3, 0.4) is 0 Å². The van der Waals surface area contributed by atoms with Gasteiger partial charge in [0.05, 0.1) is 6.42 Å². The number of hydrogen-bond acceptors (Lipinski definition) is 10. The van der Waals surface area contributed by atoms with Crippen LogP contribution in [0.15, 0.2) is 0 Å². The van der Waals surface area contributed by atoms with Crippen LogP contribution in [0.5, 0.6) is 0 Å². The predicted molar refractivity (Wildman–Crippen MR) is 101 cm³/mol. The summed E-state index contributed by atoms with van der Waals surface area (Å²) in [4.78, 5) is 59.2. The zero-order chi connectivity index (χ0) is 23.3. The van der Waals surface area contributed by atoms with Gasteiger partial charge < -0.3 is 23.7 Å². The van der Waals surface area contributed by atoms with Gasteiger partial charge in [0.15, 0.2) is 6.10 Å². The van der Waals surface area contributed by atoms with Gasteiger partial charge in [-0.2, -0.15) is 0 Å². The Labute approximate surface area is 175 Å². The average molecular weight is 430 g/mol. The third-order valence-electron chi connectivity index (χ3n) is 4.06. The van der Waals surface area contributed by atoms with Gasteiger partial charge in [0.1, 0.15) is 23.4 Å². The molecule has 1 aliphatic carbocycles. The van der Waals surface area contributed by atoms with Crippen LogP contribution in [-0.2, 0) is 47.7 Å². The summed E-state index contributed by atoms with van der Waals surface area (Å²) in [5, 5.41) is 0. The van der Waals surface area contributed by atoms with Gasteiger partial charge in [-0.05, 0) is 20.8 Å². The Hall–Kier alpha value is -2.65. The topological polar surface area (TPSA) is 132 Å². The maximum absolute atomic E-state index is 12.5. The predicted octanol–water partition coefficient (Wildman–Crippen LogP) is 1.61. The van der Waals surface area contributed by atoms with Crippen molar-refractivity contribution in [2.45, 2.75) is 97.2 Å². The Morgan fingerprint density at radius 3 is 1.53 bits per heavy atom. The summed E-state index contributed by atoms with van der Waals surface area (Å²) in [5.41, 5.74) is -2.28. The summed E-state index contributed by atoms with van der Waals surface area (Å²) >= 11 is 0. The van der Waals surface area contributed by atoms with E-state index < -0.39 is 59.4 Å². The van der Waals surface area contributed by atoms with Gasteiger partial charge in [-0.25, -0.2) is 0 Å². The van der Waals surface area contributed by atoms with Gasteiger partial charge in [0.2, 0.25) is 0 Å². The summed E-state index contributed by atoms with van der Waals surface area (Å²) < 4.78 is 26.6. The second kappa shape index (κ2) is 9.90. The molecule has 0 radical (unpaired) electrons. The van der Waals surface area contributed by atoms with Crippen LogP contribution < -0.4 is 0 Å². The SMILES string of the molecule is CC(=O)OC1[C@H](OC(C)=O)CC(CC(=O)OC(C)(C)C)(OC(C)=O)C[C@H]1OC(C)=O. The molecule has 0 saturated heterocycles. The number of carbonyl (C=O) groups excluding carboxylic acids is 5. The molecule has 1 fully saturated rings. The van der Waals surface area contributed by atoms with Crippen molar-refractivity contribution >= 4 is 29.8 Å². The highest BCUT2D eigenvalue weighted by Gasteiger charge is 2.54. The van der Waals surface area contributed by atoms with Crippen LogP contribution in [-0.4, -0.2) is 59.4 Å². The standard InChI is InChI=1S/C20H30O10/c1-11(21)26-15-8-20(29-14(4)24,10-17(25)30-19(5,6)7)9-16(27-12(2)22)18(15)28-13(3)23/h15-16,18H,8-10H2,1-7H3/t15-,16-,18?,20?/m1/s1. The lowest BCUT2D eigenvalue weighted by atomic mass is 9.77. The third kappa shape index (κ3) is 8.38. The van der Waals surface area contributed by atoms with Gasteiger partial charge in [-0.1, -0.05) is 0 Å². The zero-order valence-corrected chi connectivity index (χ0v) is 18.4. The summed E-state index contributed by atoms with van der Waals surface area (Å²) in [5.74, 6) is -3.39. The fourth-order valence-corrected chi connectivity index (χ4v) is 3.48. The monoisotopic (exact) mass is 430 g/mol. The first-order chi connectivity index (χ1) is 13.6. The van der Waals surface area contributed by atoms with Crippen LogP contribution >= 0.6 is 0 Å². The molecule has 0 aromatic rings. The number of hydrogen-bond donors (Lipinski definition) is 0. The highest BCUT2D eigenvalue weighted by Crippen LogP contribution is 2.40. The van der Waals surface area contributed by atoms with Crippen molar-refractivity contribution in [2.75, 3.05) is 0 Å². The molecule has 1 saturated carbocycles. The molecule has 0 bridgehead atoms. The van der Waals surface area contributed by atoms with Gasteiger partial charge in [0.25, 0.3) is 0 Å². The third-order valence-corrected chi connectivity index (χ3v) is 4.06. The highest BCUT2D eigenvalue weighted by atomic mass is 16.6. The van der Waals surface area contributed by atoms with E-state index in [-0.39, 0.29) is 19.3 Å². The minimum Gasteiger partial charge on any atom is -0.460 e. The molecule has 0 spiro atoms. The lowest BCUT2D eigenvalue weighted by Gasteiger charge is -2.45. The van der Waals surface area contributed by atoms with Crippen LogP contribution in [0.25, 0.3) is 0 Å². The summed E-state index contributed by atoms with van der Waals surface area (Å²) in [7, 11) is 0. The van der Waals surface area contributed by atoms with Crippen LogP contribution in [0.2, 0.25) is 0 Å². The Morgan fingerprint density at radius 1 is 0.767 bits per heavy atom. The molecule has 10 heteroatoms. The minimum atomic E-state index is -1.49. The molecule has 0 aromatic heterocycles. The van der Waals surface area contributed by atoms with Crippen molar-refractivity contribution < 1.29 is 47.7 Å². The van der Waals surface area contributed by atoms with E-state index in [1.165, 1.54) is 0 Å². The van der Waals surface area contributed by atoms with Crippen molar-refractivity contribution in [3.05, 3.63) is 0 Å². The lowest BCUT2D eigenvalue weighted by Crippen LogP contribution is -2.58. The van der Waals surface area contributed by atoms with Crippen molar-refractivity contribution in [3.63, 3.8) is 0 Å². The molecule has 0 aliphatic heterocycles. The van der Waals surface area contributed by atoms with E-state index >= 15 is 0 Å². The molecule has 2 atom stereocenters. The first kappa shape index (κ1) is 25.4. The number of rotatable bonds is 6. The fraction of sp³-hybridized carbons (Fsp3) is 0.750. The zero-order valence-electron chi connectivity index (χ0n) is 18.4. The number of ether oxygens (including phenoxy) is 5. The summed E-state index contributed by atoms with van der Waals surface area (Å²) in [6.45, 7) is 9.68. The van der Waals surface area contributed by atoms with Crippen molar-refractivity contribution in [1.29, 1.82) is 0 Å². The van der Waals surface area contributed by atoms with Crippen LogP contribution in [0.1, 0.15) is 67.7 Å². The van der Waals surface area contributed by atoms with E-state index in [1.807, 2.05) is 0 Å². The number of esters is 5. The van der Waals surface area contributed by atoms with Gasteiger partial charge in [-0.3, -0.25) is 24.0 Å². The maximum atomic E-state index is 12.5. The fourth-order valence-electron chi connectivity index (χ4n) is 3.48. The largest absolute Gasteiger partial charge is 0.460 e. The normalized spacial score (nSPS) is 26.2. The second-order valence-electron chi connectivity index (χ2n) is 8.32. The number of carbonyl (C=O) groups is 5. The molecular formula is C20H30O10. The molecule has 170 valence electrons. The Morgan fingerprint density at radius 2 is 1.20 bits per heavy atom. The van der Waals surface area contributed by atoms with E-state index in [0.29, 0.717) is 0 Å². The summed E-state index contributed by atoms with van der Waals surface area (Å²) in [6.07, 6.45) is -4.04. The molecule has 0 unspecified atom stereocenters. The van der Waals surface area contributed by atoms with Gasteiger partial charge in [-0.15, -0.1) is 0 Å². The van der Waals surface area contributed by atoms with Crippen molar-refractivity contribution in [3.8, 4) is 0 Å². The Bertz CT molecular complexity index is 664. The van der Waals surface area contributed by atoms with E-state index in [1.54, 1.807) is 20.8 Å². The molecule has 30 heavy (non-hydrogen) atoms. The maximum Gasteiger partial charge on any atom is 0.310 e. The van der Waals surface area contributed by atoms with Gasteiger partial charge >= 0.3 is 29.8 Å².